The van der Waals surface area contributed by atoms with Gasteiger partial charge in [-0.15, -0.1) is 0 Å². The molecule has 3 nitrogen and oxygen atoms in total. The molecule has 0 aromatic heterocycles. The number of nitrogens with zero attached hydrogens (tertiary/aromatic N) is 1. The largest absolute Gasteiger partial charge is 0.460 e. The third kappa shape index (κ3) is 6.99. The summed E-state index contributed by atoms with van der Waals surface area (Å²) < 4.78 is 5.15. The number of hydrogen-bond donors (Lipinski definition) is 0. The van der Waals surface area contributed by atoms with E-state index in [1.807, 2.05) is 13.8 Å². The van der Waals surface area contributed by atoms with Gasteiger partial charge in [0.2, 0.25) is 0 Å². The summed E-state index contributed by atoms with van der Waals surface area (Å²) in [4.78, 5) is 15.0. The smallest absolute Gasteiger partial charge is 0.390 e. The summed E-state index contributed by atoms with van der Waals surface area (Å²) in [7, 11) is 0. The lowest BCUT2D eigenvalue weighted by molar-refractivity contribution is -0.145. The van der Waals surface area contributed by atoms with Crippen molar-refractivity contribution in [2.45, 2.75) is 65.3 Å². The van der Waals surface area contributed by atoms with Crippen LogP contribution in [0.15, 0.2) is 0 Å². The Hall–Kier alpha value is -1.04. The molecule has 0 aliphatic rings. The van der Waals surface area contributed by atoms with E-state index in [0.717, 1.165) is 19.3 Å². The number of carbonyl (C=O) groups is 1. The van der Waals surface area contributed by atoms with E-state index in [1.54, 1.807) is 0 Å². The molecule has 0 saturated heterocycles. The molecule has 3 heteroatoms. The molecule has 0 N–H and O–H groups in total. The molecule has 0 bridgehead atoms. The van der Waals surface area contributed by atoms with Crippen molar-refractivity contribution in [3.05, 3.63) is 11.4 Å². The molecular weight excluding hydrogens is 214 g/mol. The third-order valence-electron chi connectivity index (χ3n) is 3.06. The average molecular weight is 239 g/mol. The summed E-state index contributed by atoms with van der Waals surface area (Å²) in [6, 6.07) is -0.615. The van der Waals surface area contributed by atoms with E-state index in [2.05, 4.69) is 11.8 Å². The van der Waals surface area contributed by atoms with E-state index in [0.29, 0.717) is 6.61 Å². The molecule has 1 unspecified atom stereocenters. The lowest BCUT2D eigenvalue weighted by Gasteiger charge is -2.11. The van der Waals surface area contributed by atoms with Gasteiger partial charge in [0.05, 0.1) is 6.61 Å². The first-order valence-electron chi connectivity index (χ1n) is 6.70. The van der Waals surface area contributed by atoms with Crippen LogP contribution in [0.4, 0.5) is 0 Å². The second kappa shape index (κ2) is 10.1. The SMILES string of the molecule is [C-]#[N+][C@H](C(=O)OCCCCCCC)C(C)CC. The normalized spacial score (nSPS) is 13.8. The van der Waals surface area contributed by atoms with Crippen molar-refractivity contribution in [2.24, 2.45) is 5.92 Å². The van der Waals surface area contributed by atoms with Crippen molar-refractivity contribution in [1.29, 1.82) is 0 Å². The van der Waals surface area contributed by atoms with Gasteiger partial charge in [0, 0.05) is 5.92 Å². The molecule has 0 spiro atoms. The predicted molar refractivity (Wildman–Crippen MR) is 69.6 cm³/mol. The molecule has 0 heterocycles. The third-order valence-corrected chi connectivity index (χ3v) is 3.06. The summed E-state index contributed by atoms with van der Waals surface area (Å²) in [6.07, 6.45) is 6.51. The monoisotopic (exact) mass is 239 g/mol. The van der Waals surface area contributed by atoms with Crippen LogP contribution in [0.5, 0.6) is 0 Å². The van der Waals surface area contributed by atoms with Gasteiger partial charge >= 0.3 is 12.0 Å². The van der Waals surface area contributed by atoms with E-state index >= 15 is 0 Å². The Kier molecular flexibility index (Phi) is 9.52. The summed E-state index contributed by atoms with van der Waals surface area (Å²) >= 11 is 0. The van der Waals surface area contributed by atoms with Crippen LogP contribution in [0.2, 0.25) is 0 Å². The van der Waals surface area contributed by atoms with Crippen molar-refractivity contribution in [3.8, 4) is 0 Å². The Morgan fingerprint density at radius 3 is 2.41 bits per heavy atom. The van der Waals surface area contributed by atoms with Crippen LogP contribution in [0.25, 0.3) is 4.85 Å². The minimum atomic E-state index is -0.615. The Morgan fingerprint density at radius 1 is 1.24 bits per heavy atom. The maximum atomic E-state index is 11.6. The van der Waals surface area contributed by atoms with Crippen LogP contribution >= 0.6 is 0 Å². The fourth-order valence-electron chi connectivity index (χ4n) is 1.60. The second-order valence-corrected chi connectivity index (χ2v) is 4.54. The molecule has 98 valence electrons. The summed E-state index contributed by atoms with van der Waals surface area (Å²) in [5.74, 6) is -0.259. The summed E-state index contributed by atoms with van der Waals surface area (Å²) in [6.45, 7) is 13.6. The van der Waals surface area contributed by atoms with Crippen LogP contribution < -0.4 is 0 Å². The average Bonchev–Trinajstić information content (AvgIpc) is 2.34. The number of carbonyl (C=O) groups excluding carboxylic acids is 1. The molecule has 0 aliphatic carbocycles. The van der Waals surface area contributed by atoms with Gasteiger partial charge in [-0.05, 0) is 12.8 Å². The van der Waals surface area contributed by atoms with Gasteiger partial charge in [-0.3, -0.25) is 0 Å². The molecular formula is C14H25NO2. The summed E-state index contributed by atoms with van der Waals surface area (Å²) in [5.41, 5.74) is 0. The Bertz CT molecular complexity index is 245. The fraction of sp³-hybridized carbons (Fsp3) is 0.857. The highest BCUT2D eigenvalue weighted by Gasteiger charge is 2.30. The van der Waals surface area contributed by atoms with E-state index in [-0.39, 0.29) is 11.9 Å². The zero-order valence-electron chi connectivity index (χ0n) is 11.4. The Balaban J connectivity index is 3.74. The number of esters is 1. The van der Waals surface area contributed by atoms with Gasteiger partial charge in [-0.1, -0.05) is 46.5 Å². The number of unbranched alkanes of at least 4 members (excludes halogenated alkanes) is 4. The van der Waals surface area contributed by atoms with Gasteiger partial charge in [0.1, 0.15) is 0 Å². The van der Waals surface area contributed by atoms with Gasteiger partial charge in [0.15, 0.2) is 0 Å². The van der Waals surface area contributed by atoms with Crippen molar-refractivity contribution >= 4 is 5.97 Å². The van der Waals surface area contributed by atoms with Crippen LogP contribution in [0.1, 0.15) is 59.3 Å². The van der Waals surface area contributed by atoms with Gasteiger partial charge < -0.3 is 9.58 Å². The van der Waals surface area contributed by atoms with E-state index < -0.39 is 6.04 Å². The van der Waals surface area contributed by atoms with E-state index in [4.69, 9.17) is 11.3 Å². The topological polar surface area (TPSA) is 30.7 Å². The lowest BCUT2D eigenvalue weighted by Crippen LogP contribution is -2.26. The second-order valence-electron chi connectivity index (χ2n) is 4.54. The molecule has 0 amide bonds. The van der Waals surface area contributed by atoms with Gasteiger partial charge in [0.25, 0.3) is 0 Å². The van der Waals surface area contributed by atoms with Crippen molar-refractivity contribution in [1.82, 2.24) is 0 Å². The molecule has 0 aromatic carbocycles. The maximum Gasteiger partial charge on any atom is 0.390 e. The number of hydrogen-bond acceptors (Lipinski definition) is 2. The minimum absolute atomic E-state index is 0.0834. The van der Waals surface area contributed by atoms with Crippen LogP contribution in [0.3, 0.4) is 0 Å². The van der Waals surface area contributed by atoms with Crippen LogP contribution in [0, 0.1) is 12.5 Å². The fourth-order valence-corrected chi connectivity index (χ4v) is 1.60. The zero-order valence-corrected chi connectivity index (χ0v) is 11.4. The first-order chi connectivity index (χ1) is 8.17. The summed E-state index contributed by atoms with van der Waals surface area (Å²) in [5, 5.41) is 0. The first-order valence-corrected chi connectivity index (χ1v) is 6.70. The first kappa shape index (κ1) is 16.0. The number of rotatable bonds is 9. The van der Waals surface area contributed by atoms with Crippen LogP contribution in [-0.2, 0) is 9.53 Å². The molecule has 2 atom stereocenters. The number of ether oxygens (including phenoxy) is 1. The molecule has 0 aliphatic heterocycles. The standard InChI is InChI=1S/C14H25NO2/c1-5-7-8-9-10-11-17-14(16)13(15-4)12(3)6-2/h12-13H,5-11H2,1-3H3/t12?,13-/m0/s1. The minimum Gasteiger partial charge on any atom is -0.460 e. The van der Waals surface area contributed by atoms with Crippen molar-refractivity contribution in [3.63, 3.8) is 0 Å². The zero-order chi connectivity index (χ0) is 13.1. The van der Waals surface area contributed by atoms with E-state index in [1.165, 1.54) is 19.3 Å². The molecule has 17 heavy (non-hydrogen) atoms. The maximum absolute atomic E-state index is 11.6. The highest BCUT2D eigenvalue weighted by molar-refractivity contribution is 5.78. The van der Waals surface area contributed by atoms with Crippen molar-refractivity contribution < 1.29 is 9.53 Å². The Labute approximate surface area is 105 Å². The molecule has 0 saturated carbocycles. The van der Waals surface area contributed by atoms with E-state index in [9.17, 15) is 4.79 Å². The van der Waals surface area contributed by atoms with Crippen LogP contribution in [-0.4, -0.2) is 18.6 Å². The lowest BCUT2D eigenvalue weighted by atomic mass is 10.0. The molecule has 0 radical (unpaired) electrons. The van der Waals surface area contributed by atoms with Crippen molar-refractivity contribution in [2.75, 3.05) is 6.61 Å². The molecule has 0 aromatic rings. The highest BCUT2D eigenvalue weighted by atomic mass is 16.5. The Morgan fingerprint density at radius 2 is 1.88 bits per heavy atom. The molecule has 0 fully saturated rings. The van der Waals surface area contributed by atoms with Gasteiger partial charge in [-0.2, -0.15) is 0 Å². The quantitative estimate of drug-likeness (QED) is 0.348. The van der Waals surface area contributed by atoms with Gasteiger partial charge in [-0.25, -0.2) is 11.4 Å². The predicted octanol–water partition coefficient (Wildman–Crippen LogP) is 3.83. The molecule has 0 rings (SSSR count). The highest BCUT2D eigenvalue weighted by Crippen LogP contribution is 2.13.